The van der Waals surface area contributed by atoms with Gasteiger partial charge in [-0.1, -0.05) is 44.2 Å². The molecule has 1 unspecified atom stereocenters. The van der Waals surface area contributed by atoms with Crippen molar-refractivity contribution in [3.05, 3.63) is 35.9 Å². The fraction of sp³-hybridized carbons (Fsp3) is 0.757. The van der Waals surface area contributed by atoms with Gasteiger partial charge in [-0.25, -0.2) is 4.79 Å². The van der Waals surface area contributed by atoms with E-state index in [-0.39, 0.29) is 41.2 Å². The monoisotopic (exact) mass is 660 g/mol. The van der Waals surface area contributed by atoms with E-state index in [1.54, 1.807) is 0 Å². The molecule has 3 aliphatic carbocycles. The van der Waals surface area contributed by atoms with Crippen LogP contribution in [0.25, 0.3) is 0 Å². The molecule has 4 bridgehead atoms. The molecule has 7 fully saturated rings. The first-order valence-electron chi connectivity index (χ1n) is 18.2. The molecule has 1 aromatic rings. The van der Waals surface area contributed by atoms with Crippen LogP contribution in [0.15, 0.2) is 30.3 Å². The van der Waals surface area contributed by atoms with E-state index in [9.17, 15) is 14.9 Å². The highest BCUT2D eigenvalue weighted by Crippen LogP contribution is 2.65. The van der Waals surface area contributed by atoms with Crippen molar-refractivity contribution in [1.29, 1.82) is 5.26 Å². The summed E-state index contributed by atoms with van der Waals surface area (Å²) in [6.45, 7) is 14.1. The van der Waals surface area contributed by atoms with Crippen LogP contribution in [0.3, 0.4) is 0 Å². The van der Waals surface area contributed by atoms with Gasteiger partial charge >= 0.3 is 13.2 Å². The summed E-state index contributed by atoms with van der Waals surface area (Å²) in [5.74, 6) is -0.286. The number of morpholine rings is 1. The Hall–Kier alpha value is -2.65. The summed E-state index contributed by atoms with van der Waals surface area (Å²) in [5.41, 5.74) is 0.00931. The van der Waals surface area contributed by atoms with Crippen LogP contribution >= 0.6 is 0 Å². The molecule has 6 atom stereocenters. The number of fused-ring (bicyclic) bond motifs is 2. The average molecular weight is 661 g/mol. The predicted octanol–water partition coefficient (Wildman–Crippen LogP) is 4.76. The Bertz CT molecular complexity index is 1400. The summed E-state index contributed by atoms with van der Waals surface area (Å²) in [6.07, 6.45) is 5.85. The van der Waals surface area contributed by atoms with Gasteiger partial charge in [0.1, 0.15) is 12.5 Å². The zero-order valence-corrected chi connectivity index (χ0v) is 29.4. The van der Waals surface area contributed by atoms with E-state index in [2.05, 4.69) is 63.0 Å². The number of carbonyl (C=O) groups excluding carboxylic acids is 2. The number of hydrogen-bond donors (Lipinski definition) is 1. The molecule has 0 spiro atoms. The lowest BCUT2D eigenvalue weighted by atomic mass is 9.43. The minimum Gasteiger partial charge on any atom is -0.447 e. The first-order valence-corrected chi connectivity index (χ1v) is 18.2. The van der Waals surface area contributed by atoms with Gasteiger partial charge in [-0.15, -0.1) is 0 Å². The van der Waals surface area contributed by atoms with Crippen molar-refractivity contribution in [2.75, 3.05) is 32.9 Å². The maximum atomic E-state index is 14.1. The third-order valence-electron chi connectivity index (χ3n) is 13.4. The van der Waals surface area contributed by atoms with Gasteiger partial charge in [0, 0.05) is 24.7 Å². The van der Waals surface area contributed by atoms with Gasteiger partial charge in [-0.05, 0) is 95.0 Å². The van der Waals surface area contributed by atoms with Gasteiger partial charge in [-0.3, -0.25) is 9.69 Å². The molecule has 8 rings (SSSR count). The number of nitriles is 1. The number of carbonyl (C=O) groups is 2. The van der Waals surface area contributed by atoms with Gasteiger partial charge in [0.15, 0.2) is 0 Å². The Morgan fingerprint density at radius 3 is 2.50 bits per heavy atom. The summed E-state index contributed by atoms with van der Waals surface area (Å²) in [5, 5.41) is 13.3. The van der Waals surface area contributed by atoms with Crippen LogP contribution in [0.2, 0.25) is 0 Å². The summed E-state index contributed by atoms with van der Waals surface area (Å²) >= 11 is 0. The van der Waals surface area contributed by atoms with E-state index in [0.29, 0.717) is 37.9 Å². The molecule has 4 saturated heterocycles. The number of alkyl carbamates (subject to hydrolysis) is 1. The van der Waals surface area contributed by atoms with Gasteiger partial charge in [0.2, 0.25) is 5.91 Å². The molecule has 1 N–H and O–H groups in total. The largest absolute Gasteiger partial charge is 0.482 e. The highest BCUT2D eigenvalue weighted by atomic mass is 16.7. The van der Waals surface area contributed by atoms with Crippen LogP contribution in [0.1, 0.15) is 85.1 Å². The normalized spacial score (nSPS) is 34.9. The van der Waals surface area contributed by atoms with Crippen molar-refractivity contribution >= 4 is 19.1 Å². The number of rotatable bonds is 10. The quantitative estimate of drug-likeness (QED) is 0.358. The summed E-state index contributed by atoms with van der Waals surface area (Å²) in [7, 11) is -0.590. The lowest BCUT2D eigenvalue weighted by molar-refractivity contribution is -0.199. The molecular formula is C37H53BN4O6. The highest BCUT2D eigenvalue weighted by Gasteiger charge is 2.68. The molecule has 48 heavy (non-hydrogen) atoms. The third kappa shape index (κ3) is 5.84. The fourth-order valence-electron chi connectivity index (χ4n) is 10.4. The molecule has 2 amide bonds. The minimum atomic E-state index is -0.761. The Kier molecular flexibility index (Phi) is 8.88. The Morgan fingerprint density at radius 1 is 1.12 bits per heavy atom. The van der Waals surface area contributed by atoms with Crippen molar-refractivity contribution in [3.63, 3.8) is 0 Å². The first kappa shape index (κ1) is 33.8. The smallest absolute Gasteiger partial charge is 0.447 e. The summed E-state index contributed by atoms with van der Waals surface area (Å²) < 4.78 is 24.9. The zero-order chi connectivity index (χ0) is 33.9. The first-order chi connectivity index (χ1) is 22.9. The molecule has 4 aliphatic heterocycles. The van der Waals surface area contributed by atoms with Crippen LogP contribution in [-0.2, 0) is 30.0 Å². The molecule has 10 nitrogen and oxygen atoms in total. The van der Waals surface area contributed by atoms with Gasteiger partial charge in [0.25, 0.3) is 0 Å². The molecule has 0 radical (unpaired) electrons. The van der Waals surface area contributed by atoms with Crippen LogP contribution in [0, 0.1) is 34.5 Å². The van der Waals surface area contributed by atoms with E-state index in [0.717, 1.165) is 57.2 Å². The van der Waals surface area contributed by atoms with Crippen LogP contribution < -0.4 is 5.32 Å². The second kappa shape index (κ2) is 12.6. The molecule has 1 aromatic carbocycles. The zero-order valence-electron chi connectivity index (χ0n) is 29.4. The molecule has 7 aliphatic rings. The summed E-state index contributed by atoms with van der Waals surface area (Å²) in [6, 6.07) is 12.5. The maximum absolute atomic E-state index is 14.1. The van der Waals surface area contributed by atoms with Crippen molar-refractivity contribution in [1.82, 2.24) is 15.1 Å². The van der Waals surface area contributed by atoms with Crippen molar-refractivity contribution in [2.45, 2.75) is 121 Å². The topological polar surface area (TPSA) is 113 Å². The van der Waals surface area contributed by atoms with Gasteiger partial charge in [0.05, 0.1) is 42.5 Å². The van der Waals surface area contributed by atoms with E-state index in [4.69, 9.17) is 18.8 Å². The van der Waals surface area contributed by atoms with Gasteiger partial charge in [-0.2, -0.15) is 5.26 Å². The standard InChI is InChI=1S/C37H53BN4O6/c1-34(2,41-15-17-45-18-16-41)22-26(23-39)32(43)42-28-11-13-37(42,14-12-28)24-46-33(44)40-31(19-25-9-7-6-8-10-25)38-47-30-21-27-20-29(35(27,3)4)36(30,5)48-38/h6-10,26-31H,11-22,24H2,1-5H3,(H,40,44)/t26?,27-,28?,29-,30+,31-,36-,37?/m0/s1. The number of hydrogen-bond acceptors (Lipinski definition) is 8. The fourth-order valence-corrected chi connectivity index (χ4v) is 10.4. The Balaban J connectivity index is 1.02. The third-order valence-corrected chi connectivity index (χ3v) is 13.4. The summed E-state index contributed by atoms with van der Waals surface area (Å²) in [4.78, 5) is 32.0. The Morgan fingerprint density at radius 2 is 1.83 bits per heavy atom. The minimum absolute atomic E-state index is 0.00374. The van der Waals surface area contributed by atoms with E-state index < -0.39 is 30.6 Å². The van der Waals surface area contributed by atoms with Gasteiger partial charge < -0.3 is 29.0 Å². The van der Waals surface area contributed by atoms with Crippen LogP contribution in [-0.4, -0.2) is 96.6 Å². The molecule has 11 heteroatoms. The second-order valence-electron chi connectivity index (χ2n) is 16.8. The van der Waals surface area contributed by atoms with Crippen LogP contribution in [0.5, 0.6) is 0 Å². The van der Waals surface area contributed by atoms with E-state index in [1.165, 1.54) is 0 Å². The second-order valence-corrected chi connectivity index (χ2v) is 16.8. The van der Waals surface area contributed by atoms with Crippen molar-refractivity contribution in [3.8, 4) is 6.07 Å². The number of nitrogens with one attached hydrogen (secondary N) is 1. The molecule has 3 saturated carbocycles. The predicted molar refractivity (Wildman–Crippen MR) is 181 cm³/mol. The number of ether oxygens (including phenoxy) is 2. The molecular weight excluding hydrogens is 607 g/mol. The number of nitrogens with zero attached hydrogens (tertiary/aromatic N) is 3. The van der Waals surface area contributed by atoms with Crippen molar-refractivity contribution < 1.29 is 28.4 Å². The van der Waals surface area contributed by atoms with Crippen LogP contribution in [0.4, 0.5) is 4.79 Å². The lowest BCUT2D eigenvalue weighted by Crippen LogP contribution is -2.65. The average Bonchev–Trinajstić information content (AvgIpc) is 3.75. The molecule has 4 heterocycles. The number of amides is 2. The molecule has 0 aromatic heterocycles. The number of benzene rings is 1. The van der Waals surface area contributed by atoms with E-state index in [1.807, 2.05) is 23.1 Å². The molecule has 260 valence electrons. The SMILES string of the molecule is CC1(C)[C@@H]2C[C@H]3OB([C@H](Cc4ccccc4)NC(=O)OCC45CCC(CC4)N5C(=O)C(C#N)CC(C)(C)N4CCOCC4)O[C@@]3(C)[C@H]1C2. The lowest BCUT2D eigenvalue weighted by Gasteiger charge is -2.64. The van der Waals surface area contributed by atoms with Crippen molar-refractivity contribution in [2.24, 2.45) is 23.2 Å². The Labute approximate surface area is 286 Å². The maximum Gasteiger partial charge on any atom is 0.482 e. The van der Waals surface area contributed by atoms with E-state index >= 15 is 0 Å². The highest BCUT2D eigenvalue weighted by molar-refractivity contribution is 6.47.